The lowest BCUT2D eigenvalue weighted by Gasteiger charge is -2.22. The van der Waals surface area contributed by atoms with Crippen molar-refractivity contribution in [3.8, 4) is 0 Å². The Balaban J connectivity index is 1.48. The summed E-state index contributed by atoms with van der Waals surface area (Å²) in [7, 11) is 0. The van der Waals surface area contributed by atoms with Crippen LogP contribution in [-0.2, 0) is 22.4 Å². The molecular formula is C22H25FN2O2. The van der Waals surface area contributed by atoms with Crippen LogP contribution in [0.15, 0.2) is 54.6 Å². The molecule has 0 radical (unpaired) electrons. The normalized spacial score (nSPS) is 14.7. The van der Waals surface area contributed by atoms with Crippen LogP contribution in [0.5, 0.6) is 0 Å². The van der Waals surface area contributed by atoms with Gasteiger partial charge in [0.15, 0.2) is 0 Å². The molecule has 0 unspecified atom stereocenters. The van der Waals surface area contributed by atoms with Gasteiger partial charge >= 0.3 is 0 Å². The van der Waals surface area contributed by atoms with Crippen LogP contribution in [0.3, 0.4) is 0 Å². The smallest absolute Gasteiger partial charge is 0.227 e. The molecule has 1 aliphatic rings. The van der Waals surface area contributed by atoms with Gasteiger partial charge in [0, 0.05) is 32.6 Å². The first-order valence-electron chi connectivity index (χ1n) is 9.46. The molecule has 1 heterocycles. The second-order valence-electron chi connectivity index (χ2n) is 6.91. The van der Waals surface area contributed by atoms with Crippen LogP contribution in [0.4, 0.5) is 4.39 Å². The van der Waals surface area contributed by atoms with Crippen molar-refractivity contribution in [2.24, 2.45) is 0 Å². The Kier molecular flexibility index (Phi) is 6.58. The van der Waals surface area contributed by atoms with Gasteiger partial charge in [-0.1, -0.05) is 42.5 Å². The SMILES string of the molecule is O=C(CCc1cccc(F)c1)N1CCCN(C(=O)Cc2ccccc2)CC1. The van der Waals surface area contributed by atoms with Gasteiger partial charge in [-0.2, -0.15) is 0 Å². The maximum absolute atomic E-state index is 13.2. The van der Waals surface area contributed by atoms with E-state index in [4.69, 9.17) is 0 Å². The van der Waals surface area contributed by atoms with E-state index < -0.39 is 0 Å². The lowest BCUT2D eigenvalue weighted by molar-refractivity contribution is -0.133. The Hall–Kier alpha value is -2.69. The van der Waals surface area contributed by atoms with Gasteiger partial charge in [0.1, 0.15) is 5.82 Å². The minimum absolute atomic E-state index is 0.0663. The molecular weight excluding hydrogens is 343 g/mol. The van der Waals surface area contributed by atoms with Gasteiger partial charge in [-0.25, -0.2) is 4.39 Å². The molecule has 4 nitrogen and oxygen atoms in total. The number of nitrogens with zero attached hydrogens (tertiary/aromatic N) is 2. The molecule has 0 aromatic heterocycles. The summed E-state index contributed by atoms with van der Waals surface area (Å²) in [5.74, 6) is -0.103. The molecule has 0 saturated carbocycles. The molecule has 0 spiro atoms. The largest absolute Gasteiger partial charge is 0.341 e. The summed E-state index contributed by atoms with van der Waals surface area (Å²) in [5, 5.41) is 0. The van der Waals surface area contributed by atoms with E-state index in [1.807, 2.05) is 46.2 Å². The molecule has 2 aromatic carbocycles. The van der Waals surface area contributed by atoms with Gasteiger partial charge in [-0.05, 0) is 36.1 Å². The maximum atomic E-state index is 13.2. The predicted octanol–water partition coefficient (Wildman–Crippen LogP) is 3.06. The number of carbonyl (C=O) groups is 2. The third-order valence-corrected chi connectivity index (χ3v) is 4.92. The van der Waals surface area contributed by atoms with Crippen LogP contribution >= 0.6 is 0 Å². The molecule has 2 amide bonds. The standard InChI is InChI=1S/C22H25FN2O2/c23-20-9-4-8-19(16-20)10-11-21(26)24-12-5-13-25(15-14-24)22(27)17-18-6-2-1-3-7-18/h1-4,6-9,16H,5,10-15,17H2. The molecule has 0 aliphatic carbocycles. The highest BCUT2D eigenvalue weighted by molar-refractivity contribution is 5.79. The van der Waals surface area contributed by atoms with Crippen molar-refractivity contribution in [3.05, 3.63) is 71.5 Å². The summed E-state index contributed by atoms with van der Waals surface area (Å²) in [4.78, 5) is 28.7. The molecule has 0 bridgehead atoms. The molecule has 5 heteroatoms. The zero-order chi connectivity index (χ0) is 19.1. The molecule has 142 valence electrons. The van der Waals surface area contributed by atoms with Crippen molar-refractivity contribution in [1.82, 2.24) is 9.80 Å². The quantitative estimate of drug-likeness (QED) is 0.814. The van der Waals surface area contributed by atoms with E-state index in [0.717, 1.165) is 17.5 Å². The average molecular weight is 368 g/mol. The summed E-state index contributed by atoms with van der Waals surface area (Å²) in [6.45, 7) is 2.47. The summed E-state index contributed by atoms with van der Waals surface area (Å²) in [6, 6.07) is 16.1. The van der Waals surface area contributed by atoms with Crippen LogP contribution in [0.25, 0.3) is 0 Å². The van der Waals surface area contributed by atoms with Crippen molar-refractivity contribution < 1.29 is 14.0 Å². The van der Waals surface area contributed by atoms with E-state index in [-0.39, 0.29) is 17.6 Å². The fourth-order valence-corrected chi connectivity index (χ4v) is 3.40. The molecule has 1 aliphatic heterocycles. The molecule has 0 N–H and O–H groups in total. The van der Waals surface area contributed by atoms with Crippen LogP contribution in [0, 0.1) is 5.82 Å². The lowest BCUT2D eigenvalue weighted by atomic mass is 10.1. The summed E-state index contributed by atoms with van der Waals surface area (Å²) >= 11 is 0. The van der Waals surface area contributed by atoms with Gasteiger partial charge in [-0.3, -0.25) is 9.59 Å². The number of hydrogen-bond acceptors (Lipinski definition) is 2. The zero-order valence-corrected chi connectivity index (χ0v) is 15.4. The Bertz CT molecular complexity index is 779. The van der Waals surface area contributed by atoms with Crippen LogP contribution in [0.2, 0.25) is 0 Å². The van der Waals surface area contributed by atoms with Gasteiger partial charge in [-0.15, -0.1) is 0 Å². The highest BCUT2D eigenvalue weighted by Crippen LogP contribution is 2.11. The Labute approximate surface area is 159 Å². The highest BCUT2D eigenvalue weighted by Gasteiger charge is 2.21. The third-order valence-electron chi connectivity index (χ3n) is 4.92. The van der Waals surface area contributed by atoms with Crippen LogP contribution in [0.1, 0.15) is 24.0 Å². The molecule has 1 saturated heterocycles. The third kappa shape index (κ3) is 5.64. The van der Waals surface area contributed by atoms with Crippen molar-refractivity contribution in [3.63, 3.8) is 0 Å². The topological polar surface area (TPSA) is 40.6 Å². The van der Waals surface area contributed by atoms with Gasteiger partial charge in [0.25, 0.3) is 0 Å². The first-order chi connectivity index (χ1) is 13.1. The van der Waals surface area contributed by atoms with Crippen LogP contribution in [-0.4, -0.2) is 47.8 Å². The maximum Gasteiger partial charge on any atom is 0.227 e. The molecule has 0 atom stereocenters. The van der Waals surface area contributed by atoms with E-state index in [9.17, 15) is 14.0 Å². The monoisotopic (exact) mass is 368 g/mol. The fourth-order valence-electron chi connectivity index (χ4n) is 3.40. The van der Waals surface area contributed by atoms with Crippen molar-refractivity contribution >= 4 is 11.8 Å². The van der Waals surface area contributed by atoms with Crippen molar-refractivity contribution in [2.75, 3.05) is 26.2 Å². The van der Waals surface area contributed by atoms with E-state index in [0.29, 0.717) is 45.4 Å². The van der Waals surface area contributed by atoms with E-state index in [1.54, 1.807) is 6.07 Å². The zero-order valence-electron chi connectivity index (χ0n) is 15.4. The Morgan fingerprint density at radius 1 is 0.815 bits per heavy atom. The number of carbonyl (C=O) groups excluding carboxylic acids is 2. The van der Waals surface area contributed by atoms with Gasteiger partial charge in [0.2, 0.25) is 11.8 Å². The minimum Gasteiger partial charge on any atom is -0.341 e. The number of amides is 2. The van der Waals surface area contributed by atoms with E-state index in [2.05, 4.69) is 0 Å². The first-order valence-corrected chi connectivity index (χ1v) is 9.46. The second-order valence-corrected chi connectivity index (χ2v) is 6.91. The molecule has 27 heavy (non-hydrogen) atoms. The molecule has 1 fully saturated rings. The van der Waals surface area contributed by atoms with Crippen molar-refractivity contribution in [1.29, 1.82) is 0 Å². The second kappa shape index (κ2) is 9.31. The van der Waals surface area contributed by atoms with Crippen LogP contribution < -0.4 is 0 Å². The lowest BCUT2D eigenvalue weighted by Crippen LogP contribution is -2.38. The van der Waals surface area contributed by atoms with E-state index >= 15 is 0 Å². The summed E-state index contributed by atoms with van der Waals surface area (Å²) in [5.41, 5.74) is 1.84. The first kappa shape index (κ1) is 19.1. The number of halogens is 1. The molecule has 3 rings (SSSR count). The van der Waals surface area contributed by atoms with Crippen molar-refractivity contribution in [2.45, 2.75) is 25.7 Å². The number of benzene rings is 2. The Morgan fingerprint density at radius 3 is 2.19 bits per heavy atom. The summed E-state index contributed by atoms with van der Waals surface area (Å²) < 4.78 is 13.2. The van der Waals surface area contributed by atoms with Gasteiger partial charge in [0.05, 0.1) is 6.42 Å². The highest BCUT2D eigenvalue weighted by atomic mass is 19.1. The summed E-state index contributed by atoms with van der Waals surface area (Å²) in [6.07, 6.45) is 2.08. The average Bonchev–Trinajstić information content (AvgIpc) is 2.93. The fraction of sp³-hybridized carbons (Fsp3) is 0.364. The number of hydrogen-bond donors (Lipinski definition) is 0. The van der Waals surface area contributed by atoms with E-state index in [1.165, 1.54) is 12.1 Å². The Morgan fingerprint density at radius 2 is 1.48 bits per heavy atom. The van der Waals surface area contributed by atoms with Gasteiger partial charge < -0.3 is 9.80 Å². The number of aryl methyl sites for hydroxylation is 1. The number of rotatable bonds is 5. The minimum atomic E-state index is -0.276. The molecule has 2 aromatic rings. The predicted molar refractivity (Wildman–Crippen MR) is 103 cm³/mol.